The van der Waals surface area contributed by atoms with Crippen LogP contribution in [0.1, 0.15) is 71.9 Å². The number of pyridine rings is 1. The number of aromatic nitrogens is 1. The lowest BCUT2D eigenvalue weighted by atomic mass is 9.93. The predicted octanol–water partition coefficient (Wildman–Crippen LogP) is 7.89. The molecule has 2 aliphatic rings. The molecule has 0 unspecified atom stereocenters. The average molecular weight is 781 g/mol. The Hall–Kier alpha value is -5.15. The van der Waals surface area contributed by atoms with Crippen LogP contribution in [0.2, 0.25) is 5.02 Å². The van der Waals surface area contributed by atoms with E-state index in [4.69, 9.17) is 30.5 Å². The van der Waals surface area contributed by atoms with E-state index >= 15 is 0 Å². The summed E-state index contributed by atoms with van der Waals surface area (Å²) in [5, 5.41) is 19.7. The fourth-order valence-corrected chi connectivity index (χ4v) is 7.88. The van der Waals surface area contributed by atoms with Crippen molar-refractivity contribution in [2.45, 2.75) is 84.3 Å². The third-order valence-corrected chi connectivity index (χ3v) is 11.0. The SMILES string of the molecule is Cc1c(COc2cc(OCc3cncc(C#N)c3)c(CN3CCCC[C@H]3C(=O)O)cc2Cl)cccc1-c1cccc(OCCCN2CCC[C@@H](OC=O)C2)c1C. The van der Waals surface area contributed by atoms with Crippen molar-refractivity contribution in [1.82, 2.24) is 14.8 Å². The highest BCUT2D eigenvalue weighted by Crippen LogP contribution is 2.37. The van der Waals surface area contributed by atoms with Gasteiger partial charge >= 0.3 is 5.97 Å². The van der Waals surface area contributed by atoms with E-state index < -0.39 is 12.0 Å². The highest BCUT2D eigenvalue weighted by Gasteiger charge is 2.29. The zero-order valence-corrected chi connectivity index (χ0v) is 32.8. The van der Waals surface area contributed by atoms with Gasteiger partial charge in [0.1, 0.15) is 48.7 Å². The topological polar surface area (TPSA) is 134 Å². The van der Waals surface area contributed by atoms with Gasteiger partial charge in [-0.1, -0.05) is 48.4 Å². The number of benzene rings is 3. The van der Waals surface area contributed by atoms with Crippen LogP contribution in [-0.4, -0.2) is 77.3 Å². The Labute approximate surface area is 333 Å². The van der Waals surface area contributed by atoms with Crippen molar-refractivity contribution in [2.24, 2.45) is 0 Å². The largest absolute Gasteiger partial charge is 0.493 e. The number of aliphatic carboxylic acids is 1. The van der Waals surface area contributed by atoms with Crippen LogP contribution in [0.5, 0.6) is 17.2 Å². The van der Waals surface area contributed by atoms with Gasteiger partial charge in [-0.15, -0.1) is 0 Å². The Balaban J connectivity index is 1.15. The molecule has 0 radical (unpaired) electrons. The van der Waals surface area contributed by atoms with E-state index in [9.17, 15) is 20.0 Å². The molecular formula is C44H49ClN4O7. The number of rotatable bonds is 17. The van der Waals surface area contributed by atoms with Gasteiger partial charge in [0.15, 0.2) is 0 Å². The molecule has 3 heterocycles. The second-order valence-corrected chi connectivity index (χ2v) is 14.9. The van der Waals surface area contributed by atoms with Crippen LogP contribution in [0, 0.1) is 25.2 Å². The third kappa shape index (κ3) is 10.4. The molecule has 294 valence electrons. The number of hydrogen-bond donors (Lipinski definition) is 1. The lowest BCUT2D eigenvalue weighted by Gasteiger charge is -2.33. The molecule has 2 fully saturated rings. The monoisotopic (exact) mass is 780 g/mol. The predicted molar refractivity (Wildman–Crippen MR) is 213 cm³/mol. The zero-order chi connectivity index (χ0) is 39.4. The molecule has 2 aliphatic heterocycles. The van der Waals surface area contributed by atoms with Gasteiger partial charge in [0.25, 0.3) is 6.47 Å². The molecule has 0 saturated carbocycles. The maximum absolute atomic E-state index is 12.1. The van der Waals surface area contributed by atoms with Crippen molar-refractivity contribution in [3.63, 3.8) is 0 Å². The van der Waals surface area contributed by atoms with Gasteiger partial charge in [0, 0.05) is 49.2 Å². The Morgan fingerprint density at radius 1 is 0.929 bits per heavy atom. The highest BCUT2D eigenvalue weighted by molar-refractivity contribution is 6.32. The lowest BCUT2D eigenvalue weighted by Crippen LogP contribution is -2.44. The van der Waals surface area contributed by atoms with E-state index in [0.29, 0.717) is 54.7 Å². The van der Waals surface area contributed by atoms with E-state index in [1.165, 1.54) is 6.20 Å². The number of carboxylic acids is 1. The summed E-state index contributed by atoms with van der Waals surface area (Å²) in [4.78, 5) is 31.3. The molecule has 0 bridgehead atoms. The first-order valence-corrected chi connectivity index (χ1v) is 19.6. The van der Waals surface area contributed by atoms with Gasteiger partial charge in [-0.25, -0.2) is 0 Å². The minimum atomic E-state index is -0.837. The van der Waals surface area contributed by atoms with Crippen molar-refractivity contribution in [1.29, 1.82) is 5.26 Å². The van der Waals surface area contributed by atoms with Crippen LogP contribution in [-0.2, 0) is 34.1 Å². The van der Waals surface area contributed by atoms with Crippen molar-refractivity contribution in [3.8, 4) is 34.4 Å². The van der Waals surface area contributed by atoms with E-state index in [1.807, 2.05) is 29.2 Å². The summed E-state index contributed by atoms with van der Waals surface area (Å²) < 4.78 is 24.2. The molecule has 0 aliphatic carbocycles. The molecule has 0 spiro atoms. The summed E-state index contributed by atoms with van der Waals surface area (Å²) >= 11 is 6.87. The molecule has 0 amide bonds. The quantitative estimate of drug-likeness (QED) is 0.0828. The van der Waals surface area contributed by atoms with Crippen molar-refractivity contribution in [2.75, 3.05) is 32.8 Å². The Bertz CT molecular complexity index is 2040. The third-order valence-electron chi connectivity index (χ3n) is 10.7. The van der Waals surface area contributed by atoms with Crippen LogP contribution in [0.25, 0.3) is 11.1 Å². The molecule has 2 atom stereocenters. The molecule has 4 aromatic rings. The second kappa shape index (κ2) is 19.6. The van der Waals surface area contributed by atoms with Crippen LogP contribution in [0.4, 0.5) is 0 Å². The van der Waals surface area contributed by atoms with Crippen LogP contribution < -0.4 is 14.2 Å². The molecule has 3 aromatic carbocycles. The standard InChI is InChI=1S/C44H49ClN4O7/c1-30-34(9-5-11-37(30)38-12-6-14-41(31(38)2)53-18-8-16-48-15-7-10-36(26-48)56-29-50)28-55-43-21-42(54-27-33-19-32(22-46)23-47-24-33)35(20-39(43)45)25-49-17-4-3-13-40(49)44(51)52/h5-6,9,11-12,14,19-21,23-24,29,36,40H,3-4,7-8,10,13,15-18,25-28H2,1-2H3,(H,51,52)/t36-,40+/m1/s1. The normalized spacial score (nSPS) is 17.5. The summed E-state index contributed by atoms with van der Waals surface area (Å²) in [5.74, 6) is 0.968. The first kappa shape index (κ1) is 40.5. The summed E-state index contributed by atoms with van der Waals surface area (Å²) in [6.45, 7) is 9.37. The maximum atomic E-state index is 12.1. The Kier molecular flexibility index (Phi) is 14.2. The number of carboxylic acid groups (broad SMARTS) is 1. The molecule has 56 heavy (non-hydrogen) atoms. The van der Waals surface area contributed by atoms with Gasteiger partial charge in [-0.3, -0.25) is 24.4 Å². The highest BCUT2D eigenvalue weighted by atomic mass is 35.5. The van der Waals surface area contributed by atoms with Gasteiger partial charge in [0.05, 0.1) is 17.2 Å². The number of nitrogens with zero attached hydrogens (tertiary/aromatic N) is 4. The first-order valence-electron chi connectivity index (χ1n) is 19.3. The summed E-state index contributed by atoms with van der Waals surface area (Å²) in [7, 11) is 0. The van der Waals surface area contributed by atoms with Gasteiger partial charge < -0.3 is 24.1 Å². The molecule has 6 rings (SSSR count). The van der Waals surface area contributed by atoms with Crippen LogP contribution >= 0.6 is 11.6 Å². The maximum Gasteiger partial charge on any atom is 0.320 e. The first-order chi connectivity index (χ1) is 27.2. The number of halogens is 1. The van der Waals surface area contributed by atoms with Gasteiger partial charge in [-0.05, 0) is 105 Å². The van der Waals surface area contributed by atoms with Gasteiger partial charge in [0.2, 0.25) is 0 Å². The molecule has 11 nitrogen and oxygen atoms in total. The van der Waals surface area contributed by atoms with E-state index in [2.05, 4.69) is 41.9 Å². The van der Waals surface area contributed by atoms with Crippen LogP contribution in [0.15, 0.2) is 67.0 Å². The minimum Gasteiger partial charge on any atom is -0.493 e. The number of hydrogen-bond acceptors (Lipinski definition) is 10. The Morgan fingerprint density at radius 2 is 1.73 bits per heavy atom. The fraction of sp³-hybridized carbons (Fsp3) is 0.409. The molecule has 12 heteroatoms. The lowest BCUT2D eigenvalue weighted by molar-refractivity contribution is -0.145. The smallest absolute Gasteiger partial charge is 0.320 e. The number of likely N-dealkylation sites (tertiary alicyclic amines) is 2. The zero-order valence-electron chi connectivity index (χ0n) is 32.0. The number of nitriles is 1. The second-order valence-electron chi connectivity index (χ2n) is 14.5. The summed E-state index contributed by atoms with van der Waals surface area (Å²) in [6.07, 6.45) is 8.29. The summed E-state index contributed by atoms with van der Waals surface area (Å²) in [6, 6.07) is 19.1. The van der Waals surface area contributed by atoms with E-state index in [-0.39, 0.29) is 19.3 Å². The van der Waals surface area contributed by atoms with Crippen molar-refractivity contribution in [3.05, 3.63) is 105 Å². The number of piperidine rings is 2. The van der Waals surface area contributed by atoms with E-state index in [0.717, 1.165) is 96.4 Å². The average Bonchev–Trinajstić information content (AvgIpc) is 3.20. The van der Waals surface area contributed by atoms with Crippen LogP contribution in [0.3, 0.4) is 0 Å². The molecule has 1 N–H and O–H groups in total. The number of carbonyl (C=O) groups excluding carboxylic acids is 1. The summed E-state index contributed by atoms with van der Waals surface area (Å²) in [5.41, 5.74) is 7.19. The molecular weight excluding hydrogens is 732 g/mol. The fourth-order valence-electron chi connectivity index (χ4n) is 7.64. The van der Waals surface area contributed by atoms with Gasteiger partial charge in [-0.2, -0.15) is 5.26 Å². The minimum absolute atomic E-state index is 0.0255. The Morgan fingerprint density at radius 3 is 2.54 bits per heavy atom. The molecule has 2 saturated heterocycles. The number of ether oxygens (including phenoxy) is 4. The molecule has 1 aromatic heterocycles. The van der Waals surface area contributed by atoms with E-state index in [1.54, 1.807) is 24.4 Å². The van der Waals surface area contributed by atoms with Crippen molar-refractivity contribution < 1.29 is 33.6 Å². The number of carbonyl (C=O) groups is 2. The van der Waals surface area contributed by atoms with Crippen molar-refractivity contribution >= 4 is 24.0 Å².